The van der Waals surface area contributed by atoms with Gasteiger partial charge in [-0.1, -0.05) is 31.2 Å². The normalized spacial score (nSPS) is 25.4. The van der Waals surface area contributed by atoms with Crippen LogP contribution >= 0.6 is 0 Å². The molecule has 3 saturated heterocycles. The fourth-order valence-corrected chi connectivity index (χ4v) is 4.81. The van der Waals surface area contributed by atoms with Crippen molar-refractivity contribution < 1.29 is 52.7 Å². The number of nitrogens with zero attached hydrogens (tertiary/aromatic N) is 3. The largest absolute Gasteiger partial charge is 1.00 e. The van der Waals surface area contributed by atoms with Crippen molar-refractivity contribution in [3.8, 4) is 5.75 Å². The van der Waals surface area contributed by atoms with Crippen LogP contribution in [0.15, 0.2) is 41.7 Å². The maximum absolute atomic E-state index is 12.9. The summed E-state index contributed by atoms with van der Waals surface area (Å²) in [5.41, 5.74) is 2.69. The third-order valence-electron chi connectivity index (χ3n) is 5.81. The summed E-state index contributed by atoms with van der Waals surface area (Å²) in [6.07, 6.45) is 2.32. The van der Waals surface area contributed by atoms with E-state index in [2.05, 4.69) is 15.0 Å². The van der Waals surface area contributed by atoms with Crippen molar-refractivity contribution in [2.45, 2.75) is 37.2 Å². The monoisotopic (exact) mass is 465 g/mol. The van der Waals surface area contributed by atoms with Crippen LogP contribution in [0.4, 0.5) is 0 Å². The molecule has 32 heavy (non-hydrogen) atoms. The van der Waals surface area contributed by atoms with Crippen molar-refractivity contribution >= 4 is 21.8 Å². The predicted molar refractivity (Wildman–Crippen MR) is 113 cm³/mol. The minimum atomic E-state index is -1.40. The van der Waals surface area contributed by atoms with E-state index in [4.69, 9.17) is 18.9 Å². The molecule has 0 N–H and O–H groups in total. The molecule has 0 saturated carbocycles. The standard InChI is InChI=1S/C22H24N3O5S.Na/c1-3-22-28-12-21(13-29-22,14-30-22)11-27-19-8-9-23-18(15(19)2)10-31(26)20-24-16-6-4-5-7-17(16)25-20;/h4-9H,3,10-14H2,1-2H3;/q-1;+1. The van der Waals surface area contributed by atoms with E-state index in [-0.39, 0.29) is 40.7 Å². The Balaban J connectivity index is 0.00000245. The Bertz CT molecular complexity index is 1080. The van der Waals surface area contributed by atoms with Crippen molar-refractivity contribution in [1.29, 1.82) is 0 Å². The first-order valence-corrected chi connectivity index (χ1v) is 11.6. The molecule has 0 radical (unpaired) electrons. The minimum Gasteiger partial charge on any atom is -0.492 e. The molecule has 0 spiro atoms. The van der Waals surface area contributed by atoms with Gasteiger partial charge in [0.25, 0.3) is 5.97 Å². The summed E-state index contributed by atoms with van der Waals surface area (Å²) in [7, 11) is -1.40. The van der Waals surface area contributed by atoms with Crippen LogP contribution in [0.1, 0.15) is 24.6 Å². The van der Waals surface area contributed by atoms with Crippen molar-refractivity contribution in [3.63, 3.8) is 0 Å². The molecule has 5 heterocycles. The molecule has 1 aromatic carbocycles. The molecule has 2 aromatic heterocycles. The summed E-state index contributed by atoms with van der Waals surface area (Å²) in [5.74, 6) is 0.0285. The zero-order chi connectivity index (χ0) is 21.5. The van der Waals surface area contributed by atoms with Crippen LogP contribution in [0.5, 0.6) is 5.75 Å². The maximum Gasteiger partial charge on any atom is 1.00 e. The van der Waals surface area contributed by atoms with E-state index in [0.717, 1.165) is 16.6 Å². The van der Waals surface area contributed by atoms with Crippen LogP contribution in [-0.4, -0.2) is 46.6 Å². The SMILES string of the molecule is CCC12OCC(COc3ccnc(CS(=O)c4nc5ccccc5[n-]4)c3C)(CO1)CO2.[Na+]. The topological polar surface area (TPSA) is 93.9 Å². The first-order chi connectivity index (χ1) is 15.0. The van der Waals surface area contributed by atoms with Gasteiger partial charge in [-0.15, -0.1) is 0 Å². The third-order valence-corrected chi connectivity index (χ3v) is 6.93. The fraction of sp³-hybridized carbons (Fsp3) is 0.455. The molecule has 1 atom stereocenters. The molecule has 3 aliphatic rings. The van der Waals surface area contributed by atoms with Crippen molar-refractivity contribution in [2.75, 3.05) is 26.4 Å². The van der Waals surface area contributed by atoms with Crippen LogP contribution in [0, 0.1) is 12.3 Å². The Hall–Kier alpha value is -1.33. The summed E-state index contributed by atoms with van der Waals surface area (Å²) in [4.78, 5) is 13.2. The minimum absolute atomic E-state index is 0. The quantitative estimate of drug-likeness (QED) is 0.440. The summed E-state index contributed by atoms with van der Waals surface area (Å²) >= 11 is 0. The van der Waals surface area contributed by atoms with Gasteiger partial charge in [0.15, 0.2) is 0 Å². The first kappa shape index (κ1) is 23.8. The third kappa shape index (κ3) is 4.52. The molecule has 0 aliphatic carbocycles. The van der Waals surface area contributed by atoms with E-state index in [0.29, 0.717) is 49.4 Å². The number of imidazole rings is 1. The van der Waals surface area contributed by atoms with Gasteiger partial charge in [-0.2, -0.15) is 0 Å². The summed E-state index contributed by atoms with van der Waals surface area (Å²) in [5, 5.41) is 0.322. The van der Waals surface area contributed by atoms with Gasteiger partial charge in [0, 0.05) is 23.3 Å². The molecule has 164 valence electrons. The molecule has 8 nitrogen and oxygen atoms in total. The van der Waals surface area contributed by atoms with Crippen LogP contribution in [0.2, 0.25) is 0 Å². The summed E-state index contributed by atoms with van der Waals surface area (Å²) in [6, 6.07) is 9.31. The summed E-state index contributed by atoms with van der Waals surface area (Å²) in [6.45, 7) is 5.89. The van der Waals surface area contributed by atoms with E-state index in [1.807, 2.05) is 44.2 Å². The van der Waals surface area contributed by atoms with E-state index >= 15 is 0 Å². The average molecular weight is 466 g/mol. The first-order valence-electron chi connectivity index (χ1n) is 10.3. The molecule has 3 aromatic rings. The summed E-state index contributed by atoms with van der Waals surface area (Å²) < 4.78 is 36.4. The van der Waals surface area contributed by atoms with Crippen LogP contribution in [0.3, 0.4) is 0 Å². The number of hydrogen-bond donors (Lipinski definition) is 0. The van der Waals surface area contributed by atoms with Gasteiger partial charge < -0.3 is 28.9 Å². The molecule has 3 fully saturated rings. The molecule has 10 heteroatoms. The average Bonchev–Trinajstić information content (AvgIpc) is 3.25. The van der Waals surface area contributed by atoms with E-state index in [1.54, 1.807) is 6.20 Å². The van der Waals surface area contributed by atoms with Gasteiger partial charge in [-0.05, 0) is 24.0 Å². The molecule has 0 amide bonds. The number of hydrogen-bond acceptors (Lipinski definition) is 7. The Morgan fingerprint density at radius 2 is 1.88 bits per heavy atom. The van der Waals surface area contributed by atoms with E-state index in [9.17, 15) is 4.21 Å². The fourth-order valence-electron chi connectivity index (χ4n) is 3.74. The van der Waals surface area contributed by atoms with Gasteiger partial charge in [0.1, 0.15) is 12.4 Å². The van der Waals surface area contributed by atoms with Gasteiger partial charge in [0.2, 0.25) is 0 Å². The molecular formula is C22H24N3NaO5S. The maximum atomic E-state index is 12.9. The van der Waals surface area contributed by atoms with Crippen LogP contribution in [0.25, 0.3) is 11.0 Å². The Labute approximate surface area is 211 Å². The molecular weight excluding hydrogens is 441 g/mol. The molecule has 3 aliphatic heterocycles. The van der Waals surface area contributed by atoms with Crippen molar-refractivity contribution in [1.82, 2.24) is 15.0 Å². The second-order valence-corrected chi connectivity index (χ2v) is 9.40. The number of rotatable bonds is 7. The van der Waals surface area contributed by atoms with Crippen molar-refractivity contribution in [2.24, 2.45) is 5.41 Å². The van der Waals surface area contributed by atoms with E-state index in [1.165, 1.54) is 0 Å². The number of para-hydroxylation sites is 2. The van der Waals surface area contributed by atoms with Gasteiger partial charge in [-0.3, -0.25) is 9.19 Å². The smallest absolute Gasteiger partial charge is 0.492 e. The zero-order valence-electron chi connectivity index (χ0n) is 18.5. The molecule has 2 bridgehead atoms. The number of ether oxygens (including phenoxy) is 4. The van der Waals surface area contributed by atoms with Gasteiger partial charge in [-0.25, -0.2) is 0 Å². The predicted octanol–water partition coefficient (Wildman–Crippen LogP) is -0.287. The molecule has 1 unspecified atom stereocenters. The van der Waals surface area contributed by atoms with Gasteiger partial charge >= 0.3 is 29.6 Å². The Morgan fingerprint density at radius 3 is 2.56 bits per heavy atom. The Kier molecular flexibility index (Phi) is 7.07. The number of benzene rings is 1. The van der Waals surface area contributed by atoms with Crippen molar-refractivity contribution in [3.05, 3.63) is 47.8 Å². The van der Waals surface area contributed by atoms with Gasteiger partial charge in [0.05, 0.1) is 47.5 Å². The number of pyridine rings is 1. The van der Waals surface area contributed by atoms with Crippen LogP contribution in [-0.2, 0) is 30.8 Å². The second kappa shape index (κ2) is 9.50. The second-order valence-electron chi connectivity index (χ2n) is 8.06. The molecule has 6 rings (SSSR count). The zero-order valence-corrected chi connectivity index (χ0v) is 21.3. The van der Waals surface area contributed by atoms with Crippen LogP contribution < -0.4 is 39.3 Å². The number of aromatic nitrogens is 3. The Morgan fingerprint density at radius 1 is 1.16 bits per heavy atom. The van der Waals surface area contributed by atoms with E-state index < -0.39 is 16.8 Å². The number of fused-ring (bicyclic) bond motifs is 4.